The van der Waals surface area contributed by atoms with E-state index in [1.807, 2.05) is 0 Å². The van der Waals surface area contributed by atoms with Crippen LogP contribution in [0.2, 0.25) is 0 Å². The summed E-state index contributed by atoms with van der Waals surface area (Å²) in [6, 6.07) is 44.4. The van der Waals surface area contributed by atoms with E-state index in [-0.39, 0.29) is 5.92 Å². The third kappa shape index (κ3) is 3.04. The molecule has 1 atom stereocenters. The Kier molecular flexibility index (Phi) is 4.75. The summed E-state index contributed by atoms with van der Waals surface area (Å²) >= 11 is 0. The number of fused-ring (bicyclic) bond motifs is 3. The van der Waals surface area contributed by atoms with Gasteiger partial charge in [-0.05, 0) is 78.0 Å². The van der Waals surface area contributed by atoms with Crippen molar-refractivity contribution in [2.24, 2.45) is 0 Å². The Morgan fingerprint density at radius 1 is 0.421 bits per heavy atom. The lowest BCUT2D eigenvalue weighted by atomic mass is 9.69. The maximum Gasteiger partial charge on any atom is 0.0171 e. The van der Waals surface area contributed by atoms with Gasteiger partial charge in [-0.1, -0.05) is 140 Å². The standard InChI is InChI=1S/C38H25/c1-4-13-25(14-5-1)34-32-24-23-28-19-12-22-30-29-20-10-11-21-31(29)37(38(32)33(28)30)36(27-17-8-3-9-18-27)35(34)26-15-6-2-7-16-26/h1-24,29H. The lowest BCUT2D eigenvalue weighted by Crippen LogP contribution is -2.12. The molecule has 2 aliphatic carbocycles. The monoisotopic (exact) mass is 481 g/mol. The van der Waals surface area contributed by atoms with Gasteiger partial charge in [-0.15, -0.1) is 0 Å². The predicted octanol–water partition coefficient (Wildman–Crippen LogP) is 10.2. The van der Waals surface area contributed by atoms with Crippen LogP contribution in [0.15, 0.2) is 140 Å². The van der Waals surface area contributed by atoms with Gasteiger partial charge in [0.1, 0.15) is 0 Å². The average molecular weight is 482 g/mol. The van der Waals surface area contributed by atoms with Crippen LogP contribution in [0.25, 0.3) is 60.5 Å². The molecule has 1 unspecified atom stereocenters. The van der Waals surface area contributed by atoms with Crippen LogP contribution in [0, 0.1) is 6.42 Å². The zero-order valence-electron chi connectivity index (χ0n) is 20.9. The molecule has 0 nitrogen and oxygen atoms in total. The van der Waals surface area contributed by atoms with Crippen LogP contribution in [-0.4, -0.2) is 0 Å². The molecule has 0 saturated carbocycles. The van der Waals surface area contributed by atoms with Crippen molar-refractivity contribution in [1.82, 2.24) is 0 Å². The molecule has 0 saturated heterocycles. The molecule has 6 aromatic carbocycles. The zero-order chi connectivity index (χ0) is 25.1. The van der Waals surface area contributed by atoms with Crippen LogP contribution in [0.1, 0.15) is 17.0 Å². The molecular formula is C38H25. The molecule has 2 aliphatic rings. The summed E-state index contributed by atoms with van der Waals surface area (Å²) in [7, 11) is 0. The van der Waals surface area contributed by atoms with Gasteiger partial charge < -0.3 is 0 Å². The molecule has 0 spiro atoms. The van der Waals surface area contributed by atoms with Crippen molar-refractivity contribution in [1.29, 1.82) is 0 Å². The summed E-state index contributed by atoms with van der Waals surface area (Å²) in [6.07, 6.45) is 9.12. The first kappa shape index (κ1) is 21.4. The third-order valence-electron chi connectivity index (χ3n) is 8.18. The lowest BCUT2D eigenvalue weighted by molar-refractivity contribution is 1.04. The molecule has 177 valence electrons. The second-order valence-corrected chi connectivity index (χ2v) is 10.2. The van der Waals surface area contributed by atoms with E-state index in [2.05, 4.69) is 146 Å². The molecule has 0 aliphatic heterocycles. The minimum absolute atomic E-state index is 0.246. The van der Waals surface area contributed by atoms with Crippen LogP contribution in [0.3, 0.4) is 0 Å². The Morgan fingerprint density at radius 2 is 1.03 bits per heavy atom. The second-order valence-electron chi connectivity index (χ2n) is 10.2. The normalized spacial score (nSPS) is 15.6. The van der Waals surface area contributed by atoms with Gasteiger partial charge in [0.15, 0.2) is 0 Å². The van der Waals surface area contributed by atoms with Gasteiger partial charge >= 0.3 is 0 Å². The van der Waals surface area contributed by atoms with Crippen molar-refractivity contribution in [3.63, 3.8) is 0 Å². The molecule has 0 bridgehead atoms. The molecule has 0 heterocycles. The highest BCUT2D eigenvalue weighted by atomic mass is 14.4. The summed E-state index contributed by atoms with van der Waals surface area (Å²) in [4.78, 5) is 0. The van der Waals surface area contributed by atoms with Gasteiger partial charge in [0.25, 0.3) is 0 Å². The minimum Gasteiger partial charge on any atom is -0.0798 e. The van der Waals surface area contributed by atoms with Crippen LogP contribution >= 0.6 is 0 Å². The van der Waals surface area contributed by atoms with Crippen LogP contribution < -0.4 is 0 Å². The summed E-state index contributed by atoms with van der Waals surface area (Å²) in [5, 5.41) is 5.40. The van der Waals surface area contributed by atoms with Crippen molar-refractivity contribution < 1.29 is 0 Å². The maximum atomic E-state index is 2.37. The fourth-order valence-corrected chi connectivity index (χ4v) is 6.68. The number of allylic oxidation sites excluding steroid dienone is 4. The Balaban J connectivity index is 1.70. The molecule has 8 rings (SSSR count). The number of rotatable bonds is 3. The molecular weight excluding hydrogens is 456 g/mol. The third-order valence-corrected chi connectivity index (χ3v) is 8.18. The molecule has 6 aromatic rings. The SMILES string of the molecule is [CH]1C=CC=C2c3c(-c4ccccc4)c(-c4ccccc4)c(-c4ccccc4)c4ccc5cccc(c5c34)C12. The molecule has 0 heteroatoms. The minimum atomic E-state index is 0.246. The van der Waals surface area contributed by atoms with Crippen LogP contribution in [0.4, 0.5) is 0 Å². The largest absolute Gasteiger partial charge is 0.0798 e. The second kappa shape index (κ2) is 8.43. The molecule has 0 fully saturated rings. The molecule has 0 amide bonds. The number of benzene rings is 6. The predicted molar refractivity (Wildman–Crippen MR) is 162 cm³/mol. The zero-order valence-corrected chi connectivity index (χ0v) is 20.9. The summed E-state index contributed by atoms with van der Waals surface area (Å²) in [6.45, 7) is 0. The van der Waals surface area contributed by atoms with E-state index in [4.69, 9.17) is 0 Å². The highest BCUT2D eigenvalue weighted by Gasteiger charge is 2.33. The van der Waals surface area contributed by atoms with Crippen molar-refractivity contribution >= 4 is 27.1 Å². The van der Waals surface area contributed by atoms with Gasteiger partial charge in [0.05, 0.1) is 0 Å². The first-order valence-corrected chi connectivity index (χ1v) is 13.3. The summed E-state index contributed by atoms with van der Waals surface area (Å²) in [5.41, 5.74) is 11.9. The van der Waals surface area contributed by atoms with Gasteiger partial charge in [0.2, 0.25) is 0 Å². The van der Waals surface area contributed by atoms with E-state index < -0.39 is 0 Å². The highest BCUT2D eigenvalue weighted by Crippen LogP contribution is 2.57. The smallest absolute Gasteiger partial charge is 0.0171 e. The van der Waals surface area contributed by atoms with Crippen LogP contribution in [0.5, 0.6) is 0 Å². The van der Waals surface area contributed by atoms with Gasteiger partial charge in [-0.25, -0.2) is 0 Å². The molecule has 1 radical (unpaired) electrons. The average Bonchev–Trinajstić information content (AvgIpc) is 3.00. The highest BCUT2D eigenvalue weighted by molar-refractivity contribution is 6.26. The van der Waals surface area contributed by atoms with E-state index in [0.717, 1.165) is 0 Å². The molecule has 38 heavy (non-hydrogen) atoms. The van der Waals surface area contributed by atoms with E-state index in [9.17, 15) is 0 Å². The maximum absolute atomic E-state index is 2.37. The molecule has 0 aromatic heterocycles. The first-order chi connectivity index (χ1) is 18.9. The fraction of sp³-hybridized carbons (Fsp3) is 0.0263. The Morgan fingerprint density at radius 3 is 1.68 bits per heavy atom. The van der Waals surface area contributed by atoms with E-state index in [1.54, 1.807) is 0 Å². The Labute approximate surface area is 223 Å². The van der Waals surface area contributed by atoms with Crippen molar-refractivity contribution in [2.75, 3.05) is 0 Å². The van der Waals surface area contributed by atoms with Gasteiger partial charge in [-0.2, -0.15) is 0 Å². The molecule has 0 N–H and O–H groups in total. The summed E-state index contributed by atoms with van der Waals surface area (Å²) in [5.74, 6) is 0.246. The quantitative estimate of drug-likeness (QED) is 0.221. The topological polar surface area (TPSA) is 0 Å². The Bertz CT molecular complexity index is 1910. The van der Waals surface area contributed by atoms with E-state index in [0.29, 0.717) is 0 Å². The summed E-state index contributed by atoms with van der Waals surface area (Å²) < 4.78 is 0. The van der Waals surface area contributed by atoms with Gasteiger partial charge in [-0.3, -0.25) is 0 Å². The fourth-order valence-electron chi connectivity index (χ4n) is 6.68. The van der Waals surface area contributed by atoms with Crippen LogP contribution in [-0.2, 0) is 0 Å². The van der Waals surface area contributed by atoms with Crippen molar-refractivity contribution in [3.8, 4) is 33.4 Å². The van der Waals surface area contributed by atoms with Crippen molar-refractivity contribution in [3.05, 3.63) is 157 Å². The van der Waals surface area contributed by atoms with Gasteiger partial charge in [0, 0.05) is 5.92 Å². The Hall–Kier alpha value is -4.68. The van der Waals surface area contributed by atoms with E-state index >= 15 is 0 Å². The lowest BCUT2D eigenvalue weighted by Gasteiger charge is -2.34. The number of hydrogen-bond donors (Lipinski definition) is 0. The first-order valence-electron chi connectivity index (χ1n) is 13.3. The van der Waals surface area contributed by atoms with E-state index in [1.165, 1.54) is 71.6 Å². The number of hydrogen-bond acceptors (Lipinski definition) is 0. The van der Waals surface area contributed by atoms with Crippen molar-refractivity contribution in [2.45, 2.75) is 5.92 Å².